The number of benzene rings is 2. The average Bonchev–Trinajstić information content (AvgIpc) is 3.27. The van der Waals surface area contributed by atoms with Crippen molar-refractivity contribution in [2.75, 3.05) is 37.7 Å². The van der Waals surface area contributed by atoms with Crippen LogP contribution in [0, 0.1) is 12.7 Å². The zero-order valence-corrected chi connectivity index (χ0v) is 24.9. The summed E-state index contributed by atoms with van der Waals surface area (Å²) in [6.45, 7) is 17.2. The van der Waals surface area contributed by atoms with Gasteiger partial charge in [-0.3, -0.25) is 9.69 Å². The minimum Gasteiger partial charge on any atom is -0.494 e. The Bertz CT molecular complexity index is 1260. The summed E-state index contributed by atoms with van der Waals surface area (Å²) in [6.07, 6.45) is 2.07. The number of aryl methyl sites for hydroxylation is 1. The fraction of sp³-hybridized carbons (Fsp3) is 0.500. The lowest BCUT2D eigenvalue weighted by Crippen LogP contribution is -2.49. The smallest absolute Gasteiger partial charge is 0.254 e. The molecule has 0 radical (unpaired) electrons. The largest absolute Gasteiger partial charge is 0.494 e. The Kier molecular flexibility index (Phi) is 9.85. The van der Waals surface area contributed by atoms with E-state index >= 15 is 0 Å². The van der Waals surface area contributed by atoms with Crippen molar-refractivity contribution in [2.24, 2.45) is 0 Å². The number of ether oxygens (including phenoxy) is 1. The number of hydrogen-bond donors (Lipinski definition) is 0. The van der Waals surface area contributed by atoms with Gasteiger partial charge in [-0.1, -0.05) is 19.4 Å². The van der Waals surface area contributed by atoms with Gasteiger partial charge in [0.15, 0.2) is 0 Å². The van der Waals surface area contributed by atoms with Crippen molar-refractivity contribution >= 4 is 11.7 Å². The van der Waals surface area contributed by atoms with Crippen LogP contribution >= 0.6 is 0 Å². The van der Waals surface area contributed by atoms with E-state index in [0.717, 1.165) is 61.8 Å². The van der Waals surface area contributed by atoms with E-state index in [1.54, 1.807) is 6.07 Å². The number of carbonyl (C=O) groups excluding carboxylic acids is 1. The van der Waals surface area contributed by atoms with E-state index in [1.165, 1.54) is 12.1 Å². The molecule has 0 unspecified atom stereocenters. The minimum atomic E-state index is -0.302. The molecule has 3 aromatic rings. The standard InChI is InChI=1S/C32H44FN5O2/c1-7-8-20-40-29-14-12-26(13-15-29)32(39)37(24(4)5)22-30-25(6)34-38(28-11-9-10-27(33)21-28)31(30)36-18-16-35(17-19-36)23(2)3/h9-15,21,23-24H,7-8,16-20,22H2,1-6H3. The number of aromatic nitrogens is 2. The molecule has 2 aromatic carbocycles. The van der Waals surface area contributed by atoms with Gasteiger partial charge in [0.25, 0.3) is 5.91 Å². The summed E-state index contributed by atoms with van der Waals surface area (Å²) in [6, 6.07) is 14.4. The summed E-state index contributed by atoms with van der Waals surface area (Å²) in [5, 5.41) is 4.88. The van der Waals surface area contributed by atoms with Gasteiger partial charge in [0.2, 0.25) is 0 Å². The molecule has 40 heavy (non-hydrogen) atoms. The van der Waals surface area contributed by atoms with Crippen LogP contribution in [0.25, 0.3) is 5.69 Å². The molecule has 0 bridgehead atoms. The molecule has 1 aliphatic rings. The Morgan fingerprint density at radius 2 is 1.75 bits per heavy atom. The first kappa shape index (κ1) is 29.6. The van der Waals surface area contributed by atoms with E-state index in [0.29, 0.717) is 30.4 Å². The number of rotatable bonds is 11. The molecule has 0 saturated carbocycles. The van der Waals surface area contributed by atoms with Crippen LogP contribution in [0.5, 0.6) is 5.75 Å². The first-order valence-corrected chi connectivity index (χ1v) is 14.6. The Balaban J connectivity index is 1.66. The van der Waals surface area contributed by atoms with Crippen molar-refractivity contribution in [3.8, 4) is 11.4 Å². The molecule has 1 aromatic heterocycles. The summed E-state index contributed by atoms with van der Waals surface area (Å²) < 4.78 is 21.9. The van der Waals surface area contributed by atoms with E-state index in [-0.39, 0.29) is 17.8 Å². The molecule has 4 rings (SSSR count). The Hall–Kier alpha value is -3.39. The molecule has 1 saturated heterocycles. The fourth-order valence-corrected chi connectivity index (χ4v) is 5.15. The van der Waals surface area contributed by atoms with Crippen LogP contribution in [-0.4, -0.2) is 70.4 Å². The van der Waals surface area contributed by atoms with Crippen LogP contribution < -0.4 is 9.64 Å². The predicted octanol–water partition coefficient (Wildman–Crippen LogP) is 6.08. The van der Waals surface area contributed by atoms with E-state index < -0.39 is 0 Å². The summed E-state index contributed by atoms with van der Waals surface area (Å²) in [5.74, 6) is 1.37. The van der Waals surface area contributed by atoms with Crippen LogP contribution in [0.2, 0.25) is 0 Å². The van der Waals surface area contributed by atoms with Crippen LogP contribution in [-0.2, 0) is 6.54 Å². The van der Waals surface area contributed by atoms with E-state index in [2.05, 4.69) is 30.6 Å². The van der Waals surface area contributed by atoms with Gasteiger partial charge in [0, 0.05) is 49.4 Å². The highest BCUT2D eigenvalue weighted by Gasteiger charge is 2.29. The maximum absolute atomic E-state index is 14.3. The molecule has 1 amide bonds. The maximum Gasteiger partial charge on any atom is 0.254 e. The molecule has 1 aliphatic heterocycles. The summed E-state index contributed by atoms with van der Waals surface area (Å²) >= 11 is 0. The molecule has 7 nitrogen and oxygen atoms in total. The Morgan fingerprint density at radius 1 is 1.05 bits per heavy atom. The summed E-state index contributed by atoms with van der Waals surface area (Å²) in [4.78, 5) is 20.5. The first-order chi connectivity index (χ1) is 19.2. The molecule has 1 fully saturated rings. The highest BCUT2D eigenvalue weighted by atomic mass is 19.1. The molecule has 2 heterocycles. The number of hydrogen-bond acceptors (Lipinski definition) is 5. The van der Waals surface area contributed by atoms with Crippen molar-refractivity contribution < 1.29 is 13.9 Å². The minimum absolute atomic E-state index is 0.0319. The number of anilines is 1. The van der Waals surface area contributed by atoms with Crippen molar-refractivity contribution in [3.05, 3.63) is 71.2 Å². The van der Waals surface area contributed by atoms with Crippen molar-refractivity contribution in [1.82, 2.24) is 19.6 Å². The fourth-order valence-electron chi connectivity index (χ4n) is 5.15. The second-order valence-electron chi connectivity index (χ2n) is 11.1. The number of amides is 1. The zero-order chi connectivity index (χ0) is 28.8. The number of halogens is 1. The van der Waals surface area contributed by atoms with Crippen LogP contribution in [0.15, 0.2) is 48.5 Å². The molecular formula is C32H44FN5O2. The Morgan fingerprint density at radius 3 is 2.35 bits per heavy atom. The monoisotopic (exact) mass is 549 g/mol. The van der Waals surface area contributed by atoms with Crippen molar-refractivity contribution in [3.63, 3.8) is 0 Å². The lowest BCUT2D eigenvalue weighted by Gasteiger charge is -2.39. The number of nitrogens with zero attached hydrogens (tertiary/aromatic N) is 5. The second-order valence-corrected chi connectivity index (χ2v) is 11.1. The van der Waals surface area contributed by atoms with Gasteiger partial charge < -0.3 is 14.5 Å². The quantitative estimate of drug-likeness (QED) is 0.271. The topological polar surface area (TPSA) is 53.8 Å². The van der Waals surface area contributed by atoms with E-state index in [1.807, 2.05) is 60.7 Å². The van der Waals surface area contributed by atoms with Gasteiger partial charge in [-0.2, -0.15) is 5.10 Å². The third-order valence-corrected chi connectivity index (χ3v) is 7.63. The van der Waals surface area contributed by atoms with Gasteiger partial charge >= 0.3 is 0 Å². The van der Waals surface area contributed by atoms with Crippen molar-refractivity contribution in [1.29, 1.82) is 0 Å². The molecular weight excluding hydrogens is 505 g/mol. The van der Waals surface area contributed by atoms with Gasteiger partial charge in [-0.25, -0.2) is 9.07 Å². The third kappa shape index (κ3) is 6.84. The van der Waals surface area contributed by atoms with Crippen LogP contribution in [0.3, 0.4) is 0 Å². The van der Waals surface area contributed by atoms with Gasteiger partial charge in [-0.05, 0) is 83.5 Å². The van der Waals surface area contributed by atoms with Crippen LogP contribution in [0.1, 0.15) is 69.1 Å². The number of piperazine rings is 1. The molecule has 0 N–H and O–H groups in total. The molecule has 0 aliphatic carbocycles. The normalized spacial score (nSPS) is 14.3. The number of unbranched alkanes of at least 4 members (excludes halogenated alkanes) is 1. The van der Waals surface area contributed by atoms with E-state index in [9.17, 15) is 9.18 Å². The SMILES string of the molecule is CCCCOc1ccc(C(=O)N(Cc2c(C)nn(-c3cccc(F)c3)c2N2CCN(C(C)C)CC2)C(C)C)cc1. The van der Waals surface area contributed by atoms with E-state index in [4.69, 9.17) is 9.84 Å². The lowest BCUT2D eigenvalue weighted by molar-refractivity contribution is 0.0690. The van der Waals surface area contributed by atoms with Crippen molar-refractivity contribution in [2.45, 2.75) is 73.0 Å². The van der Waals surface area contributed by atoms with Gasteiger partial charge in [0.05, 0.1) is 24.5 Å². The summed E-state index contributed by atoms with van der Waals surface area (Å²) in [7, 11) is 0. The first-order valence-electron chi connectivity index (χ1n) is 14.6. The predicted molar refractivity (Wildman–Crippen MR) is 159 cm³/mol. The Labute approximate surface area is 238 Å². The molecule has 216 valence electrons. The highest BCUT2D eigenvalue weighted by molar-refractivity contribution is 5.94. The maximum atomic E-state index is 14.3. The van der Waals surface area contributed by atoms with Gasteiger partial charge in [-0.15, -0.1) is 0 Å². The highest BCUT2D eigenvalue weighted by Crippen LogP contribution is 2.31. The second kappa shape index (κ2) is 13.3. The molecule has 0 atom stereocenters. The lowest BCUT2D eigenvalue weighted by atomic mass is 10.1. The molecule has 8 heteroatoms. The molecule has 0 spiro atoms. The summed E-state index contributed by atoms with van der Waals surface area (Å²) in [5.41, 5.74) is 3.13. The average molecular weight is 550 g/mol. The number of carbonyl (C=O) groups is 1. The van der Waals surface area contributed by atoms with Gasteiger partial charge in [0.1, 0.15) is 17.4 Å². The van der Waals surface area contributed by atoms with Crippen LogP contribution in [0.4, 0.5) is 10.2 Å². The zero-order valence-electron chi connectivity index (χ0n) is 24.9. The third-order valence-electron chi connectivity index (χ3n) is 7.63.